The molecule has 1 atom stereocenters. The monoisotopic (exact) mass is 234 g/mol. The van der Waals surface area contributed by atoms with Crippen molar-refractivity contribution in [3.63, 3.8) is 0 Å². The molecule has 1 fully saturated rings. The molecule has 0 saturated heterocycles. The summed E-state index contributed by atoms with van der Waals surface area (Å²) < 4.78 is 5.44. The van der Waals surface area contributed by atoms with Crippen LogP contribution in [0.25, 0.3) is 0 Å². The van der Waals surface area contributed by atoms with Gasteiger partial charge in [-0.25, -0.2) is 0 Å². The van der Waals surface area contributed by atoms with E-state index in [1.165, 1.54) is 24.8 Å². The maximum absolute atomic E-state index is 10.2. The Morgan fingerprint density at radius 2 is 2.12 bits per heavy atom. The molecule has 0 spiro atoms. The summed E-state index contributed by atoms with van der Waals surface area (Å²) >= 11 is 0. The van der Waals surface area contributed by atoms with Gasteiger partial charge in [0.1, 0.15) is 6.10 Å². The van der Waals surface area contributed by atoms with E-state index in [-0.39, 0.29) is 0 Å². The van der Waals surface area contributed by atoms with Gasteiger partial charge in [-0.1, -0.05) is 37.6 Å². The van der Waals surface area contributed by atoms with E-state index in [0.29, 0.717) is 12.5 Å². The Morgan fingerprint density at radius 3 is 2.76 bits per heavy atom. The van der Waals surface area contributed by atoms with E-state index in [2.05, 4.69) is 19.1 Å². The molecule has 1 aliphatic rings. The Hall–Kier alpha value is -0.860. The van der Waals surface area contributed by atoms with Crippen LogP contribution in [0.1, 0.15) is 55.8 Å². The van der Waals surface area contributed by atoms with E-state index in [0.717, 1.165) is 18.6 Å². The average Bonchev–Trinajstić information content (AvgIpc) is 2.28. The highest BCUT2D eigenvalue weighted by molar-refractivity contribution is 5.33. The standard InChI is InChI=1S/C15H22O2/c1-2-10-17-11-15(16)14-9-4-3-8-13(14)12-6-5-7-12/h3-4,8-9,12,15-16H,2,5-7,10-11H2,1H3. The van der Waals surface area contributed by atoms with Crippen molar-refractivity contribution in [2.45, 2.75) is 44.6 Å². The van der Waals surface area contributed by atoms with Crippen LogP contribution in [0.4, 0.5) is 0 Å². The molecule has 17 heavy (non-hydrogen) atoms. The topological polar surface area (TPSA) is 29.5 Å². The van der Waals surface area contributed by atoms with Crippen molar-refractivity contribution in [2.75, 3.05) is 13.2 Å². The van der Waals surface area contributed by atoms with Crippen molar-refractivity contribution in [3.05, 3.63) is 35.4 Å². The predicted molar refractivity (Wildman–Crippen MR) is 69.1 cm³/mol. The molecule has 2 heteroatoms. The van der Waals surface area contributed by atoms with Crippen molar-refractivity contribution in [2.24, 2.45) is 0 Å². The van der Waals surface area contributed by atoms with Crippen LogP contribution >= 0.6 is 0 Å². The molecular formula is C15H22O2. The van der Waals surface area contributed by atoms with Crippen LogP contribution < -0.4 is 0 Å². The lowest BCUT2D eigenvalue weighted by molar-refractivity contribution is 0.0355. The third kappa shape index (κ3) is 3.08. The fourth-order valence-electron chi connectivity index (χ4n) is 2.33. The van der Waals surface area contributed by atoms with Crippen molar-refractivity contribution in [1.29, 1.82) is 0 Å². The van der Waals surface area contributed by atoms with Crippen LogP contribution in [-0.2, 0) is 4.74 Å². The molecule has 2 nitrogen and oxygen atoms in total. The van der Waals surface area contributed by atoms with Gasteiger partial charge in [-0.05, 0) is 36.3 Å². The highest BCUT2D eigenvalue weighted by atomic mass is 16.5. The van der Waals surface area contributed by atoms with Crippen molar-refractivity contribution < 1.29 is 9.84 Å². The fraction of sp³-hybridized carbons (Fsp3) is 0.600. The van der Waals surface area contributed by atoms with E-state index in [4.69, 9.17) is 4.74 Å². The quantitative estimate of drug-likeness (QED) is 0.764. The van der Waals surface area contributed by atoms with E-state index in [1.54, 1.807) is 0 Å². The lowest BCUT2D eigenvalue weighted by Gasteiger charge is -2.29. The fourth-order valence-corrected chi connectivity index (χ4v) is 2.33. The molecular weight excluding hydrogens is 212 g/mol. The maximum Gasteiger partial charge on any atom is 0.103 e. The summed E-state index contributed by atoms with van der Waals surface area (Å²) in [4.78, 5) is 0. The Kier molecular flexibility index (Phi) is 4.57. The van der Waals surface area contributed by atoms with Gasteiger partial charge in [0.05, 0.1) is 6.61 Å². The van der Waals surface area contributed by atoms with Gasteiger partial charge in [0, 0.05) is 6.61 Å². The highest BCUT2D eigenvalue weighted by Gasteiger charge is 2.24. The minimum atomic E-state index is -0.474. The summed E-state index contributed by atoms with van der Waals surface area (Å²) in [7, 11) is 0. The molecule has 1 unspecified atom stereocenters. The number of aliphatic hydroxyl groups is 1. The smallest absolute Gasteiger partial charge is 0.103 e. The number of hydrogen-bond acceptors (Lipinski definition) is 2. The zero-order valence-corrected chi connectivity index (χ0v) is 10.6. The van der Waals surface area contributed by atoms with Crippen LogP contribution in [0.15, 0.2) is 24.3 Å². The molecule has 1 saturated carbocycles. The molecule has 0 bridgehead atoms. The van der Waals surface area contributed by atoms with Crippen molar-refractivity contribution in [1.82, 2.24) is 0 Å². The number of ether oxygens (including phenoxy) is 1. The first-order valence-corrected chi connectivity index (χ1v) is 6.67. The Bertz CT molecular complexity index is 345. The second kappa shape index (κ2) is 6.18. The molecule has 0 heterocycles. The molecule has 0 aliphatic heterocycles. The molecule has 1 aromatic rings. The van der Waals surface area contributed by atoms with Crippen LogP contribution in [0.3, 0.4) is 0 Å². The highest BCUT2D eigenvalue weighted by Crippen LogP contribution is 2.39. The second-order valence-corrected chi connectivity index (χ2v) is 4.85. The van der Waals surface area contributed by atoms with Crippen LogP contribution in [0, 0.1) is 0 Å². The molecule has 2 rings (SSSR count). The van der Waals surface area contributed by atoms with Crippen molar-refractivity contribution >= 4 is 0 Å². The van der Waals surface area contributed by atoms with Gasteiger partial charge in [0.25, 0.3) is 0 Å². The zero-order chi connectivity index (χ0) is 12.1. The first kappa shape index (κ1) is 12.6. The molecule has 0 amide bonds. The maximum atomic E-state index is 10.2. The minimum absolute atomic E-state index is 0.414. The lowest BCUT2D eigenvalue weighted by Crippen LogP contribution is -2.15. The first-order chi connectivity index (χ1) is 8.33. The molecule has 1 aromatic carbocycles. The molecule has 94 valence electrons. The molecule has 0 aromatic heterocycles. The van der Waals surface area contributed by atoms with E-state index in [1.807, 2.05) is 12.1 Å². The third-order valence-corrected chi connectivity index (χ3v) is 3.52. The summed E-state index contributed by atoms with van der Waals surface area (Å²) in [6.45, 7) is 3.22. The van der Waals surface area contributed by atoms with Crippen LogP contribution in [0.5, 0.6) is 0 Å². The lowest BCUT2D eigenvalue weighted by atomic mass is 9.77. The Balaban J connectivity index is 2.02. The number of rotatable bonds is 6. The van der Waals surface area contributed by atoms with Crippen LogP contribution in [-0.4, -0.2) is 18.3 Å². The van der Waals surface area contributed by atoms with Gasteiger partial charge in [-0.15, -0.1) is 0 Å². The predicted octanol–water partition coefficient (Wildman–Crippen LogP) is 3.41. The van der Waals surface area contributed by atoms with E-state index >= 15 is 0 Å². The summed E-state index contributed by atoms with van der Waals surface area (Å²) in [6.07, 6.45) is 4.37. The average molecular weight is 234 g/mol. The second-order valence-electron chi connectivity index (χ2n) is 4.85. The van der Waals surface area contributed by atoms with Gasteiger partial charge in [-0.3, -0.25) is 0 Å². The van der Waals surface area contributed by atoms with Crippen LogP contribution in [0.2, 0.25) is 0 Å². The minimum Gasteiger partial charge on any atom is -0.386 e. The normalized spacial score (nSPS) is 17.8. The van der Waals surface area contributed by atoms with Gasteiger partial charge >= 0.3 is 0 Å². The van der Waals surface area contributed by atoms with E-state index in [9.17, 15) is 5.11 Å². The largest absolute Gasteiger partial charge is 0.386 e. The third-order valence-electron chi connectivity index (χ3n) is 3.52. The van der Waals surface area contributed by atoms with Gasteiger partial charge in [0.15, 0.2) is 0 Å². The van der Waals surface area contributed by atoms with Gasteiger partial charge in [0.2, 0.25) is 0 Å². The number of aliphatic hydroxyl groups excluding tert-OH is 1. The Morgan fingerprint density at radius 1 is 1.35 bits per heavy atom. The summed E-state index contributed by atoms with van der Waals surface area (Å²) in [5, 5.41) is 10.2. The molecule has 1 N–H and O–H groups in total. The molecule has 0 radical (unpaired) electrons. The number of benzene rings is 1. The van der Waals surface area contributed by atoms with Gasteiger partial charge < -0.3 is 9.84 Å². The summed E-state index contributed by atoms with van der Waals surface area (Å²) in [5.74, 6) is 0.659. The summed E-state index contributed by atoms with van der Waals surface area (Å²) in [5.41, 5.74) is 2.39. The first-order valence-electron chi connectivity index (χ1n) is 6.67. The zero-order valence-electron chi connectivity index (χ0n) is 10.6. The SMILES string of the molecule is CCCOCC(O)c1ccccc1C1CCC1. The summed E-state index contributed by atoms with van der Waals surface area (Å²) in [6, 6.07) is 8.26. The molecule has 1 aliphatic carbocycles. The van der Waals surface area contributed by atoms with E-state index < -0.39 is 6.10 Å². The van der Waals surface area contributed by atoms with Gasteiger partial charge in [-0.2, -0.15) is 0 Å². The number of hydrogen-bond donors (Lipinski definition) is 1. The Labute approximate surface area is 104 Å². The van der Waals surface area contributed by atoms with Crippen molar-refractivity contribution in [3.8, 4) is 0 Å².